The smallest absolute Gasteiger partial charge is 0.354 e. The molecule has 2 heterocycles. The maximum Gasteiger partial charge on any atom is 0.435 e. The minimum atomic E-state index is -4.48. The highest BCUT2D eigenvalue weighted by Crippen LogP contribution is 2.30. The molecule has 1 aliphatic carbocycles. The summed E-state index contributed by atoms with van der Waals surface area (Å²) in [6.45, 7) is 2.31. The first kappa shape index (κ1) is 18.7. The molecule has 1 aliphatic heterocycles. The number of likely N-dealkylation sites (tertiary alicyclic amines) is 1. The van der Waals surface area contributed by atoms with E-state index in [4.69, 9.17) is 0 Å². The third-order valence-corrected chi connectivity index (χ3v) is 5.19. The molecule has 1 saturated carbocycles. The normalized spacial score (nSPS) is 21.6. The largest absolute Gasteiger partial charge is 0.435 e. The number of nitrogens with zero attached hydrogens (tertiary/aromatic N) is 3. The lowest BCUT2D eigenvalue weighted by molar-refractivity contribution is -0.141. The van der Waals surface area contributed by atoms with Gasteiger partial charge in [-0.2, -0.15) is 18.3 Å². The molecule has 1 saturated heterocycles. The van der Waals surface area contributed by atoms with Gasteiger partial charge in [-0.05, 0) is 25.8 Å². The number of hydrogen-bond donors (Lipinski definition) is 1. The third-order valence-electron chi connectivity index (χ3n) is 5.19. The molecule has 0 bridgehead atoms. The average molecular weight is 372 g/mol. The minimum Gasteiger partial charge on any atom is -0.354 e. The Morgan fingerprint density at radius 3 is 2.65 bits per heavy atom. The van der Waals surface area contributed by atoms with E-state index in [0.717, 1.165) is 31.7 Å². The number of alkyl halides is 3. The van der Waals surface area contributed by atoms with Gasteiger partial charge in [-0.3, -0.25) is 14.3 Å². The summed E-state index contributed by atoms with van der Waals surface area (Å²) in [6.07, 6.45) is -0.0300. The van der Waals surface area contributed by atoms with Gasteiger partial charge in [-0.1, -0.05) is 12.8 Å². The number of hydrogen-bond acceptors (Lipinski definition) is 3. The van der Waals surface area contributed by atoms with Crippen LogP contribution < -0.4 is 5.32 Å². The molecule has 1 aromatic heterocycles. The van der Waals surface area contributed by atoms with Crippen LogP contribution in [0.5, 0.6) is 0 Å². The van der Waals surface area contributed by atoms with Crippen LogP contribution in [0.3, 0.4) is 0 Å². The fourth-order valence-electron chi connectivity index (χ4n) is 3.78. The van der Waals surface area contributed by atoms with Crippen LogP contribution in [0.2, 0.25) is 0 Å². The van der Waals surface area contributed by atoms with E-state index in [1.54, 1.807) is 6.92 Å². The first-order chi connectivity index (χ1) is 12.3. The minimum absolute atomic E-state index is 0.0230. The molecule has 9 heteroatoms. The zero-order valence-corrected chi connectivity index (χ0v) is 14.7. The van der Waals surface area contributed by atoms with Crippen LogP contribution >= 0.6 is 0 Å². The quantitative estimate of drug-likeness (QED) is 0.861. The molecule has 0 spiro atoms. The highest BCUT2D eigenvalue weighted by molar-refractivity contribution is 5.89. The summed E-state index contributed by atoms with van der Waals surface area (Å²) < 4.78 is 39.2. The van der Waals surface area contributed by atoms with Gasteiger partial charge >= 0.3 is 6.18 Å². The van der Waals surface area contributed by atoms with Crippen molar-refractivity contribution in [3.8, 4) is 0 Å². The van der Waals surface area contributed by atoms with Crippen molar-refractivity contribution in [3.05, 3.63) is 17.5 Å². The first-order valence-electron chi connectivity index (χ1n) is 8.94. The number of carbonyl (C=O) groups is 2. The molecule has 1 aromatic rings. The van der Waals surface area contributed by atoms with Crippen molar-refractivity contribution in [1.29, 1.82) is 0 Å². The van der Waals surface area contributed by atoms with Gasteiger partial charge in [0.05, 0.1) is 12.5 Å². The fraction of sp³-hybridized carbons (Fsp3) is 0.706. The predicted molar refractivity (Wildman–Crippen MR) is 87.1 cm³/mol. The van der Waals surface area contributed by atoms with Crippen molar-refractivity contribution < 1.29 is 22.8 Å². The Morgan fingerprint density at radius 2 is 2.04 bits per heavy atom. The molecule has 26 heavy (non-hydrogen) atoms. The van der Waals surface area contributed by atoms with E-state index in [-0.39, 0.29) is 43.3 Å². The second-order valence-corrected chi connectivity index (χ2v) is 7.07. The Hall–Kier alpha value is -2.06. The van der Waals surface area contributed by atoms with E-state index in [1.807, 2.05) is 4.90 Å². The lowest BCUT2D eigenvalue weighted by Crippen LogP contribution is -2.37. The van der Waals surface area contributed by atoms with E-state index in [0.29, 0.717) is 12.2 Å². The van der Waals surface area contributed by atoms with Gasteiger partial charge in [0.15, 0.2) is 5.69 Å². The molecule has 0 aromatic carbocycles. The zero-order chi connectivity index (χ0) is 18.9. The molecular weight excluding hydrogens is 349 g/mol. The number of rotatable bonds is 5. The van der Waals surface area contributed by atoms with Crippen molar-refractivity contribution in [2.45, 2.75) is 57.8 Å². The summed E-state index contributed by atoms with van der Waals surface area (Å²) in [6, 6.07) is 1.24. The number of aromatic nitrogens is 2. The van der Waals surface area contributed by atoms with E-state index in [2.05, 4.69) is 10.4 Å². The van der Waals surface area contributed by atoms with E-state index >= 15 is 0 Å². The summed E-state index contributed by atoms with van der Waals surface area (Å²) >= 11 is 0. The summed E-state index contributed by atoms with van der Waals surface area (Å²) in [5.74, 6) is -0.581. The summed E-state index contributed by atoms with van der Waals surface area (Å²) in [5.41, 5.74) is -0.551. The number of carbonyl (C=O) groups excluding carboxylic acids is 2. The van der Waals surface area contributed by atoms with Crippen molar-refractivity contribution >= 4 is 11.8 Å². The predicted octanol–water partition coefficient (Wildman–Crippen LogP) is 2.12. The van der Waals surface area contributed by atoms with Gasteiger partial charge in [0.2, 0.25) is 11.8 Å². The Morgan fingerprint density at radius 1 is 1.35 bits per heavy atom. The zero-order valence-electron chi connectivity index (χ0n) is 14.7. The van der Waals surface area contributed by atoms with E-state index in [9.17, 15) is 22.8 Å². The van der Waals surface area contributed by atoms with Crippen LogP contribution in [-0.4, -0.2) is 45.6 Å². The van der Waals surface area contributed by atoms with Crippen LogP contribution in [0.1, 0.15) is 43.5 Å². The topological polar surface area (TPSA) is 67.2 Å². The van der Waals surface area contributed by atoms with Crippen LogP contribution in [0.25, 0.3) is 0 Å². The summed E-state index contributed by atoms with van der Waals surface area (Å²) in [7, 11) is 0. The standard InChI is InChI=1S/C17H23F3N4O2/c1-11-8-14(17(18,19)20)22-24(11)7-6-21-16(26)12-9-15(25)23(10-12)13-4-2-3-5-13/h8,12-13H,2-7,9-10H2,1H3,(H,21,26). The molecule has 144 valence electrons. The number of amides is 2. The molecule has 1 unspecified atom stereocenters. The Labute approximate surface area is 149 Å². The van der Waals surface area contributed by atoms with E-state index in [1.165, 1.54) is 4.68 Å². The molecule has 1 atom stereocenters. The SMILES string of the molecule is Cc1cc(C(F)(F)F)nn1CCNC(=O)C1CC(=O)N(C2CCCC2)C1. The van der Waals surface area contributed by atoms with Crippen molar-refractivity contribution in [2.75, 3.05) is 13.1 Å². The highest BCUT2D eigenvalue weighted by Gasteiger charge is 2.38. The summed E-state index contributed by atoms with van der Waals surface area (Å²) in [4.78, 5) is 26.3. The lowest BCUT2D eigenvalue weighted by atomic mass is 10.1. The second kappa shape index (κ2) is 7.28. The highest BCUT2D eigenvalue weighted by atomic mass is 19.4. The number of halogens is 3. The van der Waals surface area contributed by atoms with Crippen LogP contribution in [0.4, 0.5) is 13.2 Å². The molecule has 2 fully saturated rings. The fourth-order valence-corrected chi connectivity index (χ4v) is 3.78. The van der Waals surface area contributed by atoms with Gasteiger partial charge < -0.3 is 10.2 Å². The second-order valence-electron chi connectivity index (χ2n) is 7.07. The lowest BCUT2D eigenvalue weighted by Gasteiger charge is -2.23. The van der Waals surface area contributed by atoms with Crippen LogP contribution in [0.15, 0.2) is 6.07 Å². The summed E-state index contributed by atoms with van der Waals surface area (Å²) in [5, 5.41) is 6.25. The molecule has 0 radical (unpaired) electrons. The maximum atomic E-state index is 12.7. The third kappa shape index (κ3) is 4.02. The monoisotopic (exact) mass is 372 g/mol. The van der Waals surface area contributed by atoms with Gasteiger partial charge in [-0.15, -0.1) is 0 Å². The average Bonchev–Trinajstić information content (AvgIpc) is 3.27. The van der Waals surface area contributed by atoms with Crippen LogP contribution in [0, 0.1) is 12.8 Å². The van der Waals surface area contributed by atoms with Crippen molar-refractivity contribution in [3.63, 3.8) is 0 Å². The van der Waals surface area contributed by atoms with Crippen molar-refractivity contribution in [1.82, 2.24) is 20.0 Å². The van der Waals surface area contributed by atoms with Gasteiger partial charge in [-0.25, -0.2) is 0 Å². The van der Waals surface area contributed by atoms with Gasteiger partial charge in [0, 0.05) is 31.2 Å². The molecule has 2 amide bonds. The number of aryl methyl sites for hydroxylation is 1. The first-order valence-corrected chi connectivity index (χ1v) is 8.94. The Bertz CT molecular complexity index is 680. The Balaban J connectivity index is 1.49. The molecule has 6 nitrogen and oxygen atoms in total. The van der Waals surface area contributed by atoms with Gasteiger partial charge in [0.25, 0.3) is 0 Å². The van der Waals surface area contributed by atoms with Crippen molar-refractivity contribution in [2.24, 2.45) is 5.92 Å². The molecule has 3 rings (SSSR count). The molecular formula is C17H23F3N4O2. The maximum absolute atomic E-state index is 12.7. The molecule has 1 N–H and O–H groups in total. The Kier molecular flexibility index (Phi) is 5.24. The van der Waals surface area contributed by atoms with E-state index < -0.39 is 11.9 Å². The van der Waals surface area contributed by atoms with Crippen LogP contribution in [-0.2, 0) is 22.3 Å². The number of nitrogens with one attached hydrogen (secondary N) is 1. The molecule has 2 aliphatic rings. The van der Waals surface area contributed by atoms with Gasteiger partial charge in [0.1, 0.15) is 0 Å².